The van der Waals surface area contributed by atoms with Crippen LogP contribution in [0, 0.1) is 0 Å². The summed E-state index contributed by atoms with van der Waals surface area (Å²) in [5.74, 6) is 0. The Hall–Kier alpha value is -1.15. The molecule has 0 aliphatic rings. The molecule has 14 heavy (non-hydrogen) atoms. The number of aldehydes is 1. The van der Waals surface area contributed by atoms with Gasteiger partial charge in [0.2, 0.25) is 0 Å². The molecule has 76 valence electrons. The fourth-order valence-electron chi connectivity index (χ4n) is 1.39. The van der Waals surface area contributed by atoms with Gasteiger partial charge in [0.25, 0.3) is 0 Å². The first-order valence-corrected chi connectivity index (χ1v) is 4.87. The van der Waals surface area contributed by atoms with Crippen molar-refractivity contribution in [1.82, 2.24) is 0 Å². The molecule has 0 aliphatic carbocycles. The standard InChI is InChI=1S/C12H16O2/c1-14-9-7-12-5-2-4-11(10-12)6-3-8-13/h2,4-5,8,10H,3,6-7,9H2,1H3. The number of methoxy groups -OCH3 is 1. The van der Waals surface area contributed by atoms with Crippen molar-refractivity contribution in [2.45, 2.75) is 19.3 Å². The molecule has 0 saturated carbocycles. The lowest BCUT2D eigenvalue weighted by Gasteiger charge is -2.03. The minimum atomic E-state index is 0.605. The molecular weight excluding hydrogens is 176 g/mol. The van der Waals surface area contributed by atoms with Crippen molar-refractivity contribution >= 4 is 6.29 Å². The molecule has 0 aromatic heterocycles. The fourth-order valence-corrected chi connectivity index (χ4v) is 1.39. The van der Waals surface area contributed by atoms with E-state index in [1.807, 2.05) is 6.07 Å². The minimum absolute atomic E-state index is 0.605. The zero-order chi connectivity index (χ0) is 10.2. The van der Waals surface area contributed by atoms with Crippen molar-refractivity contribution in [1.29, 1.82) is 0 Å². The number of hydrogen-bond donors (Lipinski definition) is 0. The van der Waals surface area contributed by atoms with Crippen LogP contribution in [0.1, 0.15) is 17.5 Å². The summed E-state index contributed by atoms with van der Waals surface area (Å²) in [6, 6.07) is 8.32. The van der Waals surface area contributed by atoms with Gasteiger partial charge in [0.1, 0.15) is 6.29 Å². The number of ether oxygens (including phenoxy) is 1. The summed E-state index contributed by atoms with van der Waals surface area (Å²) < 4.78 is 5.01. The molecule has 0 spiro atoms. The molecule has 1 aromatic rings. The molecule has 0 heterocycles. The second-order valence-electron chi connectivity index (χ2n) is 3.27. The fraction of sp³-hybridized carbons (Fsp3) is 0.417. The van der Waals surface area contributed by atoms with Crippen LogP contribution < -0.4 is 0 Å². The van der Waals surface area contributed by atoms with Gasteiger partial charge in [-0.1, -0.05) is 24.3 Å². The lowest BCUT2D eigenvalue weighted by atomic mass is 10.1. The minimum Gasteiger partial charge on any atom is -0.384 e. The van der Waals surface area contributed by atoms with E-state index in [2.05, 4.69) is 18.2 Å². The Morgan fingerprint density at radius 1 is 1.29 bits per heavy atom. The first kappa shape index (κ1) is 10.9. The van der Waals surface area contributed by atoms with Crippen molar-refractivity contribution < 1.29 is 9.53 Å². The van der Waals surface area contributed by atoms with Crippen LogP contribution in [0.2, 0.25) is 0 Å². The van der Waals surface area contributed by atoms with Gasteiger partial charge in [0.15, 0.2) is 0 Å². The monoisotopic (exact) mass is 192 g/mol. The van der Waals surface area contributed by atoms with Crippen molar-refractivity contribution in [3.63, 3.8) is 0 Å². The molecule has 1 rings (SSSR count). The second kappa shape index (κ2) is 6.33. The Bertz CT molecular complexity index is 281. The third-order valence-electron chi connectivity index (χ3n) is 2.14. The first-order valence-electron chi connectivity index (χ1n) is 4.87. The molecule has 0 aliphatic heterocycles. The first-order chi connectivity index (χ1) is 6.86. The van der Waals surface area contributed by atoms with E-state index in [9.17, 15) is 4.79 Å². The summed E-state index contributed by atoms with van der Waals surface area (Å²) in [5, 5.41) is 0. The van der Waals surface area contributed by atoms with Gasteiger partial charge in [-0.2, -0.15) is 0 Å². The number of aryl methyl sites for hydroxylation is 1. The highest BCUT2D eigenvalue weighted by Crippen LogP contribution is 2.07. The Kier molecular flexibility index (Phi) is 4.94. The van der Waals surface area contributed by atoms with Crippen LogP contribution in [0.25, 0.3) is 0 Å². The van der Waals surface area contributed by atoms with Gasteiger partial charge in [-0.25, -0.2) is 0 Å². The predicted octanol–water partition coefficient (Wildman–Crippen LogP) is 2.01. The molecule has 0 unspecified atom stereocenters. The summed E-state index contributed by atoms with van der Waals surface area (Å²) in [6.07, 6.45) is 3.34. The van der Waals surface area contributed by atoms with Crippen molar-refractivity contribution in [3.05, 3.63) is 35.4 Å². The number of rotatable bonds is 6. The topological polar surface area (TPSA) is 26.3 Å². The van der Waals surface area contributed by atoms with Gasteiger partial charge in [0.05, 0.1) is 6.61 Å². The van der Waals surface area contributed by atoms with E-state index in [1.54, 1.807) is 7.11 Å². The molecule has 0 bridgehead atoms. The zero-order valence-corrected chi connectivity index (χ0v) is 8.53. The van der Waals surface area contributed by atoms with Crippen LogP contribution in [0.3, 0.4) is 0 Å². The number of carbonyl (C=O) groups excluding carboxylic acids is 1. The summed E-state index contributed by atoms with van der Waals surface area (Å²) in [6.45, 7) is 0.747. The van der Waals surface area contributed by atoms with Gasteiger partial charge in [-0.15, -0.1) is 0 Å². The van der Waals surface area contributed by atoms with Crippen molar-refractivity contribution in [2.24, 2.45) is 0 Å². The lowest BCUT2D eigenvalue weighted by molar-refractivity contribution is -0.107. The molecule has 0 radical (unpaired) electrons. The van der Waals surface area contributed by atoms with Gasteiger partial charge in [-0.05, 0) is 24.0 Å². The van der Waals surface area contributed by atoms with E-state index >= 15 is 0 Å². The largest absolute Gasteiger partial charge is 0.384 e. The summed E-state index contributed by atoms with van der Waals surface area (Å²) in [5.41, 5.74) is 2.50. The molecule has 2 nitrogen and oxygen atoms in total. The normalized spacial score (nSPS) is 10.1. The third kappa shape index (κ3) is 3.71. The van der Waals surface area contributed by atoms with Gasteiger partial charge >= 0.3 is 0 Å². The van der Waals surface area contributed by atoms with Gasteiger partial charge < -0.3 is 9.53 Å². The highest BCUT2D eigenvalue weighted by atomic mass is 16.5. The quantitative estimate of drug-likeness (QED) is 0.644. The van der Waals surface area contributed by atoms with Gasteiger partial charge in [0, 0.05) is 13.5 Å². The van der Waals surface area contributed by atoms with E-state index in [4.69, 9.17) is 4.74 Å². The van der Waals surface area contributed by atoms with Crippen molar-refractivity contribution in [3.8, 4) is 0 Å². The summed E-state index contributed by atoms with van der Waals surface area (Å²) in [4.78, 5) is 10.2. The Morgan fingerprint density at radius 2 is 2.00 bits per heavy atom. The van der Waals surface area contributed by atoms with Crippen molar-refractivity contribution in [2.75, 3.05) is 13.7 Å². The Morgan fingerprint density at radius 3 is 2.64 bits per heavy atom. The number of benzene rings is 1. The van der Waals surface area contributed by atoms with Crippen LogP contribution in [0.4, 0.5) is 0 Å². The van der Waals surface area contributed by atoms with Crippen LogP contribution in [-0.4, -0.2) is 20.0 Å². The van der Waals surface area contributed by atoms with Gasteiger partial charge in [-0.3, -0.25) is 0 Å². The van der Waals surface area contributed by atoms with E-state index in [-0.39, 0.29) is 0 Å². The van der Waals surface area contributed by atoms with E-state index in [1.165, 1.54) is 11.1 Å². The number of carbonyl (C=O) groups is 1. The molecule has 0 amide bonds. The predicted molar refractivity (Wildman–Crippen MR) is 56.4 cm³/mol. The maximum Gasteiger partial charge on any atom is 0.120 e. The Balaban J connectivity index is 2.54. The van der Waals surface area contributed by atoms with Crippen LogP contribution >= 0.6 is 0 Å². The van der Waals surface area contributed by atoms with Crippen LogP contribution in [-0.2, 0) is 22.4 Å². The molecule has 1 aromatic carbocycles. The molecule has 0 atom stereocenters. The third-order valence-corrected chi connectivity index (χ3v) is 2.14. The maximum atomic E-state index is 10.2. The maximum absolute atomic E-state index is 10.2. The molecule has 2 heteroatoms. The molecular formula is C12H16O2. The number of hydrogen-bond acceptors (Lipinski definition) is 2. The SMILES string of the molecule is COCCc1cccc(CCC=O)c1. The van der Waals surface area contributed by atoms with Crippen LogP contribution in [0.15, 0.2) is 24.3 Å². The Labute approximate surface area is 84.9 Å². The molecule has 0 fully saturated rings. The second-order valence-corrected chi connectivity index (χ2v) is 3.27. The smallest absolute Gasteiger partial charge is 0.120 e. The van der Waals surface area contributed by atoms with E-state index in [0.717, 1.165) is 25.7 Å². The summed E-state index contributed by atoms with van der Waals surface area (Å²) >= 11 is 0. The molecule has 0 N–H and O–H groups in total. The average molecular weight is 192 g/mol. The zero-order valence-electron chi connectivity index (χ0n) is 8.53. The van der Waals surface area contributed by atoms with E-state index < -0.39 is 0 Å². The highest BCUT2D eigenvalue weighted by molar-refractivity contribution is 5.50. The molecule has 0 saturated heterocycles. The summed E-state index contributed by atoms with van der Waals surface area (Å²) in [7, 11) is 1.70. The lowest BCUT2D eigenvalue weighted by Crippen LogP contribution is -1.95. The average Bonchev–Trinajstić information content (AvgIpc) is 2.24. The highest BCUT2D eigenvalue weighted by Gasteiger charge is 1.95. The van der Waals surface area contributed by atoms with Crippen LogP contribution in [0.5, 0.6) is 0 Å². The van der Waals surface area contributed by atoms with E-state index in [0.29, 0.717) is 6.42 Å².